The van der Waals surface area contributed by atoms with Gasteiger partial charge in [0.1, 0.15) is 0 Å². The van der Waals surface area contributed by atoms with Crippen molar-refractivity contribution < 1.29 is 14.6 Å². The molecule has 3 nitrogen and oxygen atoms in total. The summed E-state index contributed by atoms with van der Waals surface area (Å²) in [5.41, 5.74) is 0. The first-order valence-electron chi connectivity index (χ1n) is 12.5. The molecule has 32 heavy (non-hydrogen) atoms. The van der Waals surface area contributed by atoms with E-state index < -0.39 is 0 Å². The number of aliphatic hydroxyl groups excluding tert-OH is 1. The quantitative estimate of drug-likeness (QED) is 0.116. The Morgan fingerprint density at radius 3 is 1.41 bits per heavy atom. The molecule has 0 rings (SSSR count). The highest BCUT2D eigenvalue weighted by Gasteiger charge is 1.96. The molecular weight excluding hydrogens is 477 g/mol. The second kappa shape index (κ2) is 45.7. The average Bonchev–Trinajstić information content (AvgIpc) is 2.83. The van der Waals surface area contributed by atoms with Gasteiger partial charge in [-0.05, 0) is 50.4 Å². The molecule has 200 valence electrons. The fourth-order valence-corrected chi connectivity index (χ4v) is 3.90. The standard InChI is InChI=1S/C20H42O2S2.C2H6S2.C2H6.CH4O/c1-20(2)14-9-8-11-16-22-18-13-17-21-15-10-6-4-5-7-12-19-24-23-3;1-3-4-2;2*1-2/h20H,4-19H2,1-3H3;1-2H3;1-2H3;2H,1H3. The summed E-state index contributed by atoms with van der Waals surface area (Å²) in [4.78, 5) is 0. The van der Waals surface area contributed by atoms with E-state index in [9.17, 15) is 0 Å². The largest absolute Gasteiger partial charge is 0.400 e. The van der Waals surface area contributed by atoms with Crippen LogP contribution in [0.2, 0.25) is 0 Å². The molecule has 0 atom stereocenters. The number of hydrogen-bond acceptors (Lipinski definition) is 7. The predicted molar refractivity (Wildman–Crippen MR) is 160 cm³/mol. The van der Waals surface area contributed by atoms with Crippen LogP contribution in [0.4, 0.5) is 0 Å². The lowest BCUT2D eigenvalue weighted by molar-refractivity contribution is 0.0794. The van der Waals surface area contributed by atoms with Crippen molar-refractivity contribution in [3.05, 3.63) is 0 Å². The lowest BCUT2D eigenvalue weighted by Gasteiger charge is -2.07. The van der Waals surface area contributed by atoms with Gasteiger partial charge in [0, 0.05) is 39.3 Å². The smallest absolute Gasteiger partial charge is 0.0487 e. The molecule has 1 N–H and O–H groups in total. The van der Waals surface area contributed by atoms with Crippen molar-refractivity contribution in [2.45, 2.75) is 98.3 Å². The Balaban J connectivity index is -0.000000427. The molecule has 0 aromatic rings. The van der Waals surface area contributed by atoms with Crippen LogP contribution in [0.3, 0.4) is 0 Å². The van der Waals surface area contributed by atoms with Crippen molar-refractivity contribution >= 4 is 43.2 Å². The second-order valence-electron chi connectivity index (χ2n) is 7.26. The molecule has 0 aromatic heterocycles. The van der Waals surface area contributed by atoms with E-state index in [1.54, 1.807) is 21.6 Å². The fraction of sp³-hybridized carbons (Fsp3) is 1.00. The molecule has 0 aliphatic rings. The van der Waals surface area contributed by atoms with Gasteiger partial charge in [0.15, 0.2) is 0 Å². The Bertz CT molecular complexity index is 259. The zero-order valence-corrected chi connectivity index (χ0v) is 26.1. The van der Waals surface area contributed by atoms with Gasteiger partial charge >= 0.3 is 0 Å². The molecule has 0 unspecified atom stereocenters. The molecule has 0 amide bonds. The van der Waals surface area contributed by atoms with Gasteiger partial charge in [-0.3, -0.25) is 0 Å². The molecule has 0 fully saturated rings. The van der Waals surface area contributed by atoms with Crippen LogP contribution in [0.1, 0.15) is 98.3 Å². The molecule has 7 heteroatoms. The lowest BCUT2D eigenvalue weighted by Crippen LogP contribution is -2.03. The average molecular weight is 535 g/mol. The first kappa shape index (κ1) is 40.4. The summed E-state index contributed by atoms with van der Waals surface area (Å²) in [5.74, 6) is 2.15. The molecule has 0 heterocycles. The summed E-state index contributed by atoms with van der Waals surface area (Å²) >= 11 is 0. The molecule has 0 saturated carbocycles. The van der Waals surface area contributed by atoms with Crippen molar-refractivity contribution in [1.29, 1.82) is 0 Å². The molecule has 0 aromatic carbocycles. The molecule has 0 saturated heterocycles. The minimum atomic E-state index is 0.840. The Morgan fingerprint density at radius 2 is 0.969 bits per heavy atom. The van der Waals surface area contributed by atoms with E-state index in [-0.39, 0.29) is 0 Å². The molecule has 0 aliphatic heterocycles. The minimum absolute atomic E-state index is 0.840. The summed E-state index contributed by atoms with van der Waals surface area (Å²) < 4.78 is 11.3. The van der Waals surface area contributed by atoms with Gasteiger partial charge in [-0.1, -0.05) is 116 Å². The van der Waals surface area contributed by atoms with Crippen LogP contribution in [0, 0.1) is 5.92 Å². The van der Waals surface area contributed by atoms with Crippen molar-refractivity contribution in [1.82, 2.24) is 0 Å². The highest BCUT2D eigenvalue weighted by Crippen LogP contribution is 2.19. The zero-order valence-electron chi connectivity index (χ0n) is 22.8. The maximum atomic E-state index is 7.00. The van der Waals surface area contributed by atoms with E-state index in [2.05, 4.69) is 32.6 Å². The first-order chi connectivity index (χ1) is 15.7. The van der Waals surface area contributed by atoms with Crippen LogP contribution >= 0.6 is 43.2 Å². The summed E-state index contributed by atoms with van der Waals surface area (Å²) in [6.45, 7) is 12.2. The van der Waals surface area contributed by atoms with E-state index >= 15 is 0 Å². The highest BCUT2D eigenvalue weighted by molar-refractivity contribution is 8.76. The third kappa shape index (κ3) is 52.9. The monoisotopic (exact) mass is 534 g/mol. The molecule has 0 bridgehead atoms. The number of aliphatic hydroxyl groups is 1. The number of ether oxygens (including phenoxy) is 2. The highest BCUT2D eigenvalue weighted by atomic mass is 33.1. The van der Waals surface area contributed by atoms with Crippen molar-refractivity contribution in [3.8, 4) is 0 Å². The van der Waals surface area contributed by atoms with Crippen molar-refractivity contribution in [2.75, 3.05) is 58.1 Å². The number of unbranched alkanes of at least 4 members (excludes halogenated alkanes) is 7. The molecule has 0 radical (unpaired) electrons. The Morgan fingerprint density at radius 1 is 0.562 bits per heavy atom. The zero-order chi connectivity index (χ0) is 25.1. The Kier molecular flexibility index (Phi) is 57.8. The Hall–Kier alpha value is 1.28. The van der Waals surface area contributed by atoms with E-state index in [4.69, 9.17) is 14.6 Å². The fourth-order valence-electron chi connectivity index (χ4n) is 2.56. The van der Waals surface area contributed by atoms with Gasteiger partial charge < -0.3 is 14.6 Å². The van der Waals surface area contributed by atoms with Gasteiger partial charge in [-0.2, -0.15) is 0 Å². The molecule has 0 aliphatic carbocycles. The lowest BCUT2D eigenvalue weighted by atomic mass is 10.1. The summed E-state index contributed by atoms with van der Waals surface area (Å²) in [7, 11) is 8.41. The maximum absolute atomic E-state index is 7.00. The van der Waals surface area contributed by atoms with E-state index in [1.807, 2.05) is 35.4 Å². The molecule has 0 spiro atoms. The van der Waals surface area contributed by atoms with E-state index in [1.165, 1.54) is 70.0 Å². The normalized spacial score (nSPS) is 9.94. The van der Waals surface area contributed by atoms with Crippen molar-refractivity contribution in [3.63, 3.8) is 0 Å². The van der Waals surface area contributed by atoms with E-state index in [0.29, 0.717) is 0 Å². The molecular formula is C25H58O3S4. The summed E-state index contributed by atoms with van der Waals surface area (Å²) in [6.07, 6.45) is 20.6. The van der Waals surface area contributed by atoms with Gasteiger partial charge in [-0.25, -0.2) is 0 Å². The SMILES string of the molecule is CC.CO.CSSC.CSSCCCCCCCCOCCCOCCCCCC(C)C. The minimum Gasteiger partial charge on any atom is -0.400 e. The number of hydrogen-bond donors (Lipinski definition) is 1. The van der Waals surface area contributed by atoms with E-state index in [0.717, 1.165) is 45.9 Å². The van der Waals surface area contributed by atoms with Gasteiger partial charge in [0.2, 0.25) is 0 Å². The van der Waals surface area contributed by atoms with Crippen LogP contribution in [0.25, 0.3) is 0 Å². The third-order valence-corrected chi connectivity index (χ3v) is 7.43. The van der Waals surface area contributed by atoms with Crippen LogP contribution in [-0.2, 0) is 9.47 Å². The van der Waals surface area contributed by atoms with Gasteiger partial charge in [-0.15, -0.1) is 0 Å². The topological polar surface area (TPSA) is 38.7 Å². The van der Waals surface area contributed by atoms with Gasteiger partial charge in [0.05, 0.1) is 0 Å². The first-order valence-corrected chi connectivity index (χ1v) is 18.2. The summed E-state index contributed by atoms with van der Waals surface area (Å²) in [5, 5.41) is 7.00. The van der Waals surface area contributed by atoms with Gasteiger partial charge in [0.25, 0.3) is 0 Å². The predicted octanol–water partition coefficient (Wildman–Crippen LogP) is 9.24. The summed E-state index contributed by atoms with van der Waals surface area (Å²) in [6, 6.07) is 0. The van der Waals surface area contributed by atoms with Crippen LogP contribution in [-0.4, -0.2) is 63.2 Å². The van der Waals surface area contributed by atoms with Crippen LogP contribution in [0.5, 0.6) is 0 Å². The van der Waals surface area contributed by atoms with Crippen LogP contribution in [0.15, 0.2) is 0 Å². The Labute approximate surface area is 219 Å². The second-order valence-corrected chi connectivity index (χ2v) is 12.6. The number of rotatable bonds is 21. The van der Waals surface area contributed by atoms with Crippen LogP contribution < -0.4 is 0 Å². The third-order valence-electron chi connectivity index (χ3n) is 4.20. The van der Waals surface area contributed by atoms with Crippen molar-refractivity contribution in [2.24, 2.45) is 5.92 Å². The maximum Gasteiger partial charge on any atom is 0.0487 e.